The van der Waals surface area contributed by atoms with E-state index in [0.717, 1.165) is 25.7 Å². The van der Waals surface area contributed by atoms with Crippen molar-refractivity contribution in [2.75, 3.05) is 6.54 Å². The largest absolute Gasteiger partial charge is 0.478 e. The Bertz CT molecular complexity index is 653. The summed E-state index contributed by atoms with van der Waals surface area (Å²) in [5.41, 5.74) is 0.119. The van der Waals surface area contributed by atoms with Gasteiger partial charge in [0.05, 0.1) is 10.5 Å². The third-order valence-corrected chi connectivity index (χ3v) is 6.19. The summed E-state index contributed by atoms with van der Waals surface area (Å²) >= 11 is 1.88. The van der Waals surface area contributed by atoms with E-state index in [2.05, 4.69) is 11.6 Å². The first-order chi connectivity index (χ1) is 9.80. The molecular weight excluding hydrogens is 405 g/mol. The lowest BCUT2D eigenvalue weighted by Crippen LogP contribution is -2.30. The Hall–Kier alpha value is -0.670. The number of carboxylic acid groups (broad SMARTS) is 1. The van der Waals surface area contributed by atoms with Crippen molar-refractivity contribution < 1.29 is 18.3 Å². The molecule has 116 valence electrons. The van der Waals surface area contributed by atoms with Crippen LogP contribution in [-0.2, 0) is 10.0 Å². The van der Waals surface area contributed by atoms with Gasteiger partial charge in [-0.15, -0.1) is 0 Å². The third-order valence-electron chi connectivity index (χ3n) is 3.85. The molecule has 0 saturated heterocycles. The second kappa shape index (κ2) is 6.21. The number of carbonyl (C=O) groups is 1. The monoisotopic (exact) mass is 423 g/mol. The average Bonchev–Trinajstić information content (AvgIpc) is 3.17. The maximum atomic E-state index is 12.3. The van der Waals surface area contributed by atoms with Crippen molar-refractivity contribution in [3.63, 3.8) is 0 Å². The summed E-state index contributed by atoms with van der Waals surface area (Å²) in [5, 5.41) is 9.07. The van der Waals surface area contributed by atoms with Gasteiger partial charge in [0.15, 0.2) is 0 Å². The number of hydrogen-bond acceptors (Lipinski definition) is 3. The lowest BCUT2D eigenvalue weighted by atomic mass is 10.0. The molecular formula is C14H18INO4S. The van der Waals surface area contributed by atoms with Crippen LogP contribution in [0.1, 0.15) is 43.0 Å². The van der Waals surface area contributed by atoms with E-state index in [-0.39, 0.29) is 15.9 Å². The van der Waals surface area contributed by atoms with Crippen molar-refractivity contribution in [3.8, 4) is 0 Å². The smallest absolute Gasteiger partial charge is 0.336 e. The molecule has 0 aliphatic heterocycles. The fourth-order valence-electron chi connectivity index (χ4n) is 2.39. The molecule has 21 heavy (non-hydrogen) atoms. The molecule has 1 fully saturated rings. The molecule has 1 aliphatic rings. The van der Waals surface area contributed by atoms with Gasteiger partial charge in [-0.05, 0) is 65.5 Å². The van der Waals surface area contributed by atoms with E-state index < -0.39 is 16.0 Å². The van der Waals surface area contributed by atoms with Crippen LogP contribution < -0.4 is 4.72 Å². The van der Waals surface area contributed by atoms with Gasteiger partial charge in [-0.25, -0.2) is 17.9 Å². The zero-order valence-electron chi connectivity index (χ0n) is 11.7. The number of sulfonamides is 1. The molecule has 0 bridgehead atoms. The Balaban J connectivity index is 2.16. The molecule has 0 atom stereocenters. The van der Waals surface area contributed by atoms with Gasteiger partial charge in [0.1, 0.15) is 0 Å². The summed E-state index contributed by atoms with van der Waals surface area (Å²) in [6.45, 7) is 2.52. The molecule has 5 nitrogen and oxygen atoms in total. The van der Waals surface area contributed by atoms with Crippen LogP contribution >= 0.6 is 22.6 Å². The van der Waals surface area contributed by atoms with E-state index in [1.165, 1.54) is 18.2 Å². The van der Waals surface area contributed by atoms with E-state index in [1.54, 1.807) is 0 Å². The molecule has 1 saturated carbocycles. The van der Waals surface area contributed by atoms with Gasteiger partial charge in [-0.2, -0.15) is 0 Å². The fraction of sp³-hybridized carbons (Fsp3) is 0.500. The SMILES string of the molecule is CCCC1(CNS(=O)(=O)c2ccc(I)c(C(=O)O)c2)CC1. The number of rotatable bonds is 7. The predicted octanol–water partition coefficient (Wildman–Crippen LogP) is 2.85. The van der Waals surface area contributed by atoms with Crippen molar-refractivity contribution in [1.82, 2.24) is 4.72 Å². The Morgan fingerprint density at radius 2 is 2.10 bits per heavy atom. The number of halogens is 1. The molecule has 2 rings (SSSR count). The van der Waals surface area contributed by atoms with Crippen LogP contribution in [-0.4, -0.2) is 26.0 Å². The van der Waals surface area contributed by atoms with Crippen LogP contribution in [0.5, 0.6) is 0 Å². The highest BCUT2D eigenvalue weighted by Gasteiger charge is 2.42. The minimum Gasteiger partial charge on any atom is -0.478 e. The van der Waals surface area contributed by atoms with Gasteiger partial charge >= 0.3 is 5.97 Å². The molecule has 0 unspecified atom stereocenters. The summed E-state index contributed by atoms with van der Waals surface area (Å²) in [5.74, 6) is -1.12. The Morgan fingerprint density at radius 3 is 2.62 bits per heavy atom. The van der Waals surface area contributed by atoms with Crippen molar-refractivity contribution in [2.45, 2.75) is 37.5 Å². The van der Waals surface area contributed by atoms with Gasteiger partial charge in [-0.1, -0.05) is 13.3 Å². The van der Waals surface area contributed by atoms with Crippen LogP contribution in [0.3, 0.4) is 0 Å². The van der Waals surface area contributed by atoms with E-state index in [1.807, 2.05) is 22.6 Å². The molecule has 0 radical (unpaired) electrons. The first kappa shape index (κ1) is 16.7. The van der Waals surface area contributed by atoms with Gasteiger partial charge < -0.3 is 5.11 Å². The normalized spacial score (nSPS) is 16.7. The lowest BCUT2D eigenvalue weighted by Gasteiger charge is -2.15. The lowest BCUT2D eigenvalue weighted by molar-refractivity contribution is 0.0695. The van der Waals surface area contributed by atoms with Crippen LogP contribution in [0.2, 0.25) is 0 Å². The molecule has 0 amide bonds. The minimum atomic E-state index is -3.66. The molecule has 1 aliphatic carbocycles. The van der Waals surface area contributed by atoms with Crippen LogP contribution in [0.4, 0.5) is 0 Å². The van der Waals surface area contributed by atoms with Gasteiger partial charge in [0.2, 0.25) is 10.0 Å². The summed E-state index contributed by atoms with van der Waals surface area (Å²) in [6.07, 6.45) is 4.16. The highest BCUT2D eigenvalue weighted by atomic mass is 127. The first-order valence-corrected chi connectivity index (χ1v) is 9.38. The summed E-state index contributed by atoms with van der Waals surface area (Å²) < 4.78 is 27.7. The standard InChI is InChI=1S/C14H18INO4S/c1-2-5-14(6-7-14)9-16-21(19,20)10-3-4-12(15)11(8-10)13(17)18/h3-4,8,16H,2,5-7,9H2,1H3,(H,17,18). The summed E-state index contributed by atoms with van der Waals surface area (Å²) in [4.78, 5) is 11.1. The van der Waals surface area contributed by atoms with Crippen molar-refractivity contribution in [1.29, 1.82) is 0 Å². The van der Waals surface area contributed by atoms with E-state index in [4.69, 9.17) is 5.11 Å². The zero-order valence-corrected chi connectivity index (χ0v) is 14.7. The molecule has 0 aromatic heterocycles. The number of carboxylic acids is 1. The Kier molecular flexibility index (Phi) is 4.94. The third kappa shape index (κ3) is 3.95. The average molecular weight is 423 g/mol. The van der Waals surface area contributed by atoms with Crippen molar-refractivity contribution >= 4 is 38.6 Å². The summed E-state index contributed by atoms with van der Waals surface area (Å²) in [7, 11) is -3.66. The topological polar surface area (TPSA) is 83.5 Å². The second-order valence-electron chi connectivity index (χ2n) is 5.52. The first-order valence-electron chi connectivity index (χ1n) is 6.82. The van der Waals surface area contributed by atoms with Crippen molar-refractivity contribution in [3.05, 3.63) is 27.3 Å². The number of aromatic carboxylic acids is 1. The second-order valence-corrected chi connectivity index (χ2v) is 8.45. The molecule has 1 aromatic carbocycles. The fourth-order valence-corrected chi connectivity index (χ4v) is 4.14. The van der Waals surface area contributed by atoms with Crippen LogP contribution in [0.15, 0.2) is 23.1 Å². The highest BCUT2D eigenvalue weighted by molar-refractivity contribution is 14.1. The quantitative estimate of drug-likeness (QED) is 0.661. The Morgan fingerprint density at radius 1 is 1.43 bits per heavy atom. The van der Waals surface area contributed by atoms with Crippen LogP contribution in [0, 0.1) is 8.99 Å². The van der Waals surface area contributed by atoms with E-state index in [0.29, 0.717) is 10.1 Å². The molecule has 0 spiro atoms. The van der Waals surface area contributed by atoms with Gasteiger partial charge in [0.25, 0.3) is 0 Å². The van der Waals surface area contributed by atoms with Crippen LogP contribution in [0.25, 0.3) is 0 Å². The van der Waals surface area contributed by atoms with Gasteiger partial charge in [-0.3, -0.25) is 0 Å². The highest BCUT2D eigenvalue weighted by Crippen LogP contribution is 2.49. The summed E-state index contributed by atoms with van der Waals surface area (Å²) in [6, 6.07) is 4.17. The zero-order chi connectivity index (χ0) is 15.7. The van der Waals surface area contributed by atoms with E-state index in [9.17, 15) is 13.2 Å². The number of nitrogens with one attached hydrogen (secondary N) is 1. The van der Waals surface area contributed by atoms with Gasteiger partial charge in [0, 0.05) is 10.1 Å². The molecule has 1 aromatic rings. The molecule has 2 N–H and O–H groups in total. The van der Waals surface area contributed by atoms with Crippen molar-refractivity contribution in [2.24, 2.45) is 5.41 Å². The minimum absolute atomic E-state index is 0.00705. The number of hydrogen-bond donors (Lipinski definition) is 2. The molecule has 7 heteroatoms. The maximum Gasteiger partial charge on any atom is 0.336 e. The number of benzene rings is 1. The predicted molar refractivity (Wildman–Crippen MR) is 87.9 cm³/mol. The molecule has 0 heterocycles. The Labute approximate surface area is 138 Å². The van der Waals surface area contributed by atoms with E-state index >= 15 is 0 Å². The maximum absolute atomic E-state index is 12.3.